The Balaban J connectivity index is 1.65. The van der Waals surface area contributed by atoms with Gasteiger partial charge in [-0.25, -0.2) is 4.79 Å². The number of nitro benzene ring substituents is 1. The summed E-state index contributed by atoms with van der Waals surface area (Å²) in [6.07, 6.45) is -2.87. The van der Waals surface area contributed by atoms with E-state index in [1.807, 2.05) is 0 Å². The van der Waals surface area contributed by atoms with Crippen LogP contribution in [0.25, 0.3) is 17.0 Å². The number of hydrogen-bond acceptors (Lipinski definition) is 7. The van der Waals surface area contributed by atoms with E-state index in [0.717, 1.165) is 18.2 Å². The van der Waals surface area contributed by atoms with Crippen molar-refractivity contribution in [3.63, 3.8) is 0 Å². The standard InChI is InChI=1S/C25H13ClF3NO7/c26-18-6-1-2-7-19(18)36-23-22(32)17-10-9-16(13-20(17)37-24(23)25(27,28)29)35-21(31)11-8-14-4-3-5-15(12-14)30(33)34/h1-13H/b11-8+. The molecule has 0 aliphatic carbocycles. The number of carbonyl (C=O) groups excluding carboxylic acids is 1. The largest absolute Gasteiger partial charge is 0.453 e. The molecule has 1 aromatic heterocycles. The second-order valence-corrected chi connectivity index (χ2v) is 7.79. The molecule has 0 saturated carbocycles. The number of rotatable bonds is 6. The monoisotopic (exact) mass is 531 g/mol. The molecule has 0 aliphatic heterocycles. The number of carbonyl (C=O) groups is 1. The van der Waals surface area contributed by atoms with Gasteiger partial charge in [0.05, 0.1) is 15.3 Å². The van der Waals surface area contributed by atoms with Gasteiger partial charge in [-0.1, -0.05) is 35.9 Å². The number of halogens is 4. The molecule has 8 nitrogen and oxygen atoms in total. The first-order chi connectivity index (χ1) is 17.5. The molecular weight excluding hydrogens is 519 g/mol. The van der Waals surface area contributed by atoms with Crippen LogP contribution < -0.4 is 14.9 Å². The highest BCUT2D eigenvalue weighted by atomic mass is 35.5. The number of hydrogen-bond donors (Lipinski definition) is 0. The minimum atomic E-state index is -5.10. The van der Waals surface area contributed by atoms with Crippen LogP contribution in [0.4, 0.5) is 18.9 Å². The number of nitrogens with zero attached hydrogens (tertiary/aromatic N) is 1. The lowest BCUT2D eigenvalue weighted by Gasteiger charge is -2.14. The molecule has 4 aromatic rings. The van der Waals surface area contributed by atoms with Crippen molar-refractivity contribution < 1.29 is 36.8 Å². The first-order valence-corrected chi connectivity index (χ1v) is 10.7. The van der Waals surface area contributed by atoms with Crippen LogP contribution in [0.1, 0.15) is 11.3 Å². The van der Waals surface area contributed by atoms with Gasteiger partial charge < -0.3 is 13.9 Å². The number of non-ortho nitro benzene ring substituents is 1. The average molecular weight is 532 g/mol. The summed E-state index contributed by atoms with van der Waals surface area (Å²) in [5.74, 6) is -4.11. The highest BCUT2D eigenvalue weighted by Crippen LogP contribution is 2.39. The molecule has 0 atom stereocenters. The Morgan fingerprint density at radius 1 is 1.05 bits per heavy atom. The van der Waals surface area contributed by atoms with Crippen molar-refractivity contribution in [1.82, 2.24) is 0 Å². The van der Waals surface area contributed by atoms with Crippen LogP contribution in [-0.4, -0.2) is 10.9 Å². The quantitative estimate of drug-likeness (QED) is 0.0886. The maximum absolute atomic E-state index is 13.7. The summed E-state index contributed by atoms with van der Waals surface area (Å²) >= 11 is 5.94. The molecule has 12 heteroatoms. The number of esters is 1. The fourth-order valence-corrected chi connectivity index (χ4v) is 3.37. The van der Waals surface area contributed by atoms with Crippen LogP contribution in [0, 0.1) is 10.1 Å². The van der Waals surface area contributed by atoms with Crippen molar-refractivity contribution in [3.8, 4) is 17.2 Å². The highest BCUT2D eigenvalue weighted by Gasteiger charge is 2.40. The third-order valence-corrected chi connectivity index (χ3v) is 5.15. The summed E-state index contributed by atoms with van der Waals surface area (Å²) in [6, 6.07) is 14.4. The number of para-hydroxylation sites is 1. The molecule has 3 aromatic carbocycles. The van der Waals surface area contributed by atoms with E-state index in [1.165, 1.54) is 60.7 Å². The first-order valence-electron chi connectivity index (χ1n) is 10.3. The van der Waals surface area contributed by atoms with Gasteiger partial charge in [0, 0.05) is 24.3 Å². The Morgan fingerprint density at radius 2 is 1.81 bits per heavy atom. The van der Waals surface area contributed by atoms with Gasteiger partial charge in [0.15, 0.2) is 0 Å². The maximum atomic E-state index is 13.7. The Labute approximate surface area is 210 Å². The molecule has 0 saturated heterocycles. The van der Waals surface area contributed by atoms with Crippen LogP contribution >= 0.6 is 11.6 Å². The smallest absolute Gasteiger partial charge is 0.448 e. The molecule has 188 valence electrons. The second kappa shape index (κ2) is 10.2. The van der Waals surface area contributed by atoms with E-state index in [4.69, 9.17) is 25.5 Å². The predicted octanol–water partition coefficient (Wildman–Crippen LogP) is 6.78. The van der Waals surface area contributed by atoms with E-state index in [9.17, 15) is 32.9 Å². The summed E-state index contributed by atoms with van der Waals surface area (Å²) in [4.78, 5) is 35.3. The minimum Gasteiger partial charge on any atom is -0.448 e. The fraction of sp³-hybridized carbons (Fsp3) is 0.0400. The molecule has 0 aliphatic rings. The summed E-state index contributed by atoms with van der Waals surface area (Å²) in [6.45, 7) is 0. The molecule has 37 heavy (non-hydrogen) atoms. The van der Waals surface area contributed by atoms with Crippen LogP contribution in [0.2, 0.25) is 5.02 Å². The summed E-state index contributed by atoms with van der Waals surface area (Å²) in [7, 11) is 0. The number of benzene rings is 3. The molecule has 0 spiro atoms. The van der Waals surface area contributed by atoms with E-state index in [0.29, 0.717) is 5.56 Å². The van der Waals surface area contributed by atoms with Crippen molar-refractivity contribution in [1.29, 1.82) is 0 Å². The van der Waals surface area contributed by atoms with Crippen LogP contribution in [-0.2, 0) is 11.0 Å². The maximum Gasteiger partial charge on any atom is 0.453 e. The molecular formula is C25H13ClF3NO7. The first kappa shape index (κ1) is 25.5. The predicted molar refractivity (Wildman–Crippen MR) is 127 cm³/mol. The Hall–Kier alpha value is -4.64. The molecule has 0 amide bonds. The molecule has 0 fully saturated rings. The minimum absolute atomic E-state index is 0.0180. The van der Waals surface area contributed by atoms with Gasteiger partial charge >= 0.3 is 12.1 Å². The second-order valence-electron chi connectivity index (χ2n) is 7.38. The lowest BCUT2D eigenvalue weighted by molar-refractivity contribution is -0.384. The molecule has 0 unspecified atom stereocenters. The van der Waals surface area contributed by atoms with E-state index in [-0.39, 0.29) is 27.6 Å². The number of alkyl halides is 3. The third kappa shape index (κ3) is 5.78. The third-order valence-electron chi connectivity index (χ3n) is 4.84. The topological polar surface area (TPSA) is 109 Å². The van der Waals surface area contributed by atoms with Crippen LogP contribution in [0.5, 0.6) is 17.2 Å². The van der Waals surface area contributed by atoms with Gasteiger partial charge in [-0.05, 0) is 35.9 Å². The molecule has 4 rings (SSSR count). The lowest BCUT2D eigenvalue weighted by Crippen LogP contribution is -2.15. The van der Waals surface area contributed by atoms with Gasteiger partial charge in [-0.2, -0.15) is 13.2 Å². The van der Waals surface area contributed by atoms with E-state index < -0.39 is 39.6 Å². The molecule has 0 radical (unpaired) electrons. The van der Waals surface area contributed by atoms with Crippen LogP contribution in [0.15, 0.2) is 82.0 Å². The molecule has 0 N–H and O–H groups in total. The van der Waals surface area contributed by atoms with Crippen molar-refractivity contribution in [3.05, 3.63) is 109 Å². The molecule has 1 heterocycles. The zero-order valence-electron chi connectivity index (χ0n) is 18.3. The zero-order chi connectivity index (χ0) is 26.7. The molecule has 0 bridgehead atoms. The fourth-order valence-electron chi connectivity index (χ4n) is 3.19. The Kier molecular flexibility index (Phi) is 6.98. The normalized spacial score (nSPS) is 11.6. The average Bonchev–Trinajstić information content (AvgIpc) is 2.85. The van der Waals surface area contributed by atoms with Crippen molar-refractivity contribution in [2.45, 2.75) is 6.18 Å². The lowest BCUT2D eigenvalue weighted by atomic mass is 10.2. The van der Waals surface area contributed by atoms with Crippen molar-refractivity contribution in [2.75, 3.05) is 0 Å². The van der Waals surface area contributed by atoms with Gasteiger partial charge in [0.2, 0.25) is 11.2 Å². The SMILES string of the molecule is O=C(/C=C/c1cccc([N+](=O)[O-])c1)Oc1ccc2c(=O)c(Oc3ccccc3Cl)c(C(F)(F)F)oc2c1. The summed E-state index contributed by atoms with van der Waals surface area (Å²) < 4.78 is 56.4. The Morgan fingerprint density at radius 3 is 2.51 bits per heavy atom. The van der Waals surface area contributed by atoms with Crippen molar-refractivity contribution >= 4 is 40.3 Å². The van der Waals surface area contributed by atoms with Gasteiger partial charge in [-0.15, -0.1) is 0 Å². The number of fused-ring (bicyclic) bond motifs is 1. The van der Waals surface area contributed by atoms with Crippen LogP contribution in [0.3, 0.4) is 0 Å². The van der Waals surface area contributed by atoms with Gasteiger partial charge in [0.1, 0.15) is 17.1 Å². The van der Waals surface area contributed by atoms with Gasteiger partial charge in [-0.3, -0.25) is 14.9 Å². The van der Waals surface area contributed by atoms with E-state index in [2.05, 4.69) is 0 Å². The number of nitro groups is 1. The zero-order valence-corrected chi connectivity index (χ0v) is 19.1. The number of ether oxygens (including phenoxy) is 2. The van der Waals surface area contributed by atoms with Crippen molar-refractivity contribution in [2.24, 2.45) is 0 Å². The Bertz CT molecular complexity index is 1610. The summed E-state index contributed by atoms with van der Waals surface area (Å²) in [5, 5.41) is 10.6. The van der Waals surface area contributed by atoms with Gasteiger partial charge in [0.25, 0.3) is 11.4 Å². The van der Waals surface area contributed by atoms with E-state index in [1.54, 1.807) is 0 Å². The highest BCUT2D eigenvalue weighted by molar-refractivity contribution is 6.32. The van der Waals surface area contributed by atoms with E-state index >= 15 is 0 Å². The summed E-state index contributed by atoms with van der Waals surface area (Å²) in [5.41, 5.74) is -1.45.